The van der Waals surface area contributed by atoms with Gasteiger partial charge in [-0.1, -0.05) is 6.92 Å². The van der Waals surface area contributed by atoms with Gasteiger partial charge in [0.05, 0.1) is 17.3 Å². The number of carbonyl (C=O) groups excluding carboxylic acids is 3. The lowest BCUT2D eigenvalue weighted by atomic mass is 9.69. The number of carbonyl (C=O) groups is 3. The molecule has 176 valence electrons. The zero-order valence-electron chi connectivity index (χ0n) is 19.8. The van der Waals surface area contributed by atoms with E-state index in [9.17, 15) is 14.4 Å². The standard InChI is InChI=1S/C21H35BO9/c1-9-16-18(27-13(3)24)15(10-22-30-20(5,6)21(7,8)31-22)19(28-14(4)25)17(29-16)11-26-12(2)23/h15-19H,9-11H2,1-8H3/t15-,16-,17?,18?,19-/m1/s1. The first-order valence-electron chi connectivity index (χ1n) is 10.8. The molecule has 0 bridgehead atoms. The molecule has 0 aromatic heterocycles. The van der Waals surface area contributed by atoms with E-state index in [-0.39, 0.29) is 6.61 Å². The molecule has 0 N–H and O–H groups in total. The number of hydrogen-bond acceptors (Lipinski definition) is 9. The third-order valence-corrected chi connectivity index (χ3v) is 6.15. The minimum atomic E-state index is -0.817. The summed E-state index contributed by atoms with van der Waals surface area (Å²) < 4.78 is 34.8. The molecule has 2 aliphatic heterocycles. The van der Waals surface area contributed by atoms with Gasteiger partial charge in [-0.05, 0) is 40.4 Å². The molecule has 0 aliphatic carbocycles. The van der Waals surface area contributed by atoms with Crippen molar-refractivity contribution in [3.63, 3.8) is 0 Å². The van der Waals surface area contributed by atoms with Crippen molar-refractivity contribution in [1.82, 2.24) is 0 Å². The Bertz CT molecular complexity index is 662. The van der Waals surface area contributed by atoms with E-state index in [1.54, 1.807) is 0 Å². The number of hydrogen-bond donors (Lipinski definition) is 0. The number of esters is 3. The highest BCUT2D eigenvalue weighted by Gasteiger charge is 2.56. The minimum absolute atomic E-state index is 0.0869. The summed E-state index contributed by atoms with van der Waals surface area (Å²) in [4.78, 5) is 35.2. The highest BCUT2D eigenvalue weighted by atomic mass is 16.7. The van der Waals surface area contributed by atoms with Crippen LogP contribution in [0.5, 0.6) is 0 Å². The average molecular weight is 442 g/mol. The highest BCUT2D eigenvalue weighted by molar-refractivity contribution is 6.45. The van der Waals surface area contributed by atoms with Crippen LogP contribution < -0.4 is 0 Å². The van der Waals surface area contributed by atoms with Gasteiger partial charge in [0.2, 0.25) is 0 Å². The van der Waals surface area contributed by atoms with Gasteiger partial charge < -0.3 is 28.3 Å². The van der Waals surface area contributed by atoms with Gasteiger partial charge in [-0.15, -0.1) is 0 Å². The SMILES string of the molecule is CC[C@H]1OC(COC(C)=O)[C@H](OC(C)=O)[C@H](CB2OC(C)(C)C(C)(C)O2)C1OC(C)=O. The Labute approximate surface area is 184 Å². The topological polar surface area (TPSA) is 107 Å². The molecule has 0 aromatic carbocycles. The van der Waals surface area contributed by atoms with Crippen molar-refractivity contribution < 1.29 is 42.6 Å². The first kappa shape index (κ1) is 25.6. The summed E-state index contributed by atoms with van der Waals surface area (Å²) >= 11 is 0. The summed E-state index contributed by atoms with van der Waals surface area (Å²) in [6.45, 7) is 13.5. The van der Waals surface area contributed by atoms with E-state index in [1.165, 1.54) is 20.8 Å². The Morgan fingerprint density at radius 1 is 0.839 bits per heavy atom. The molecule has 0 radical (unpaired) electrons. The number of rotatable bonds is 7. The summed E-state index contributed by atoms with van der Waals surface area (Å²) in [6, 6.07) is 0. The fraction of sp³-hybridized carbons (Fsp3) is 0.857. The molecule has 0 spiro atoms. The monoisotopic (exact) mass is 442 g/mol. The van der Waals surface area contributed by atoms with Crippen LogP contribution in [-0.2, 0) is 42.6 Å². The maximum atomic E-state index is 11.9. The van der Waals surface area contributed by atoms with Crippen LogP contribution in [0.2, 0.25) is 6.32 Å². The smallest absolute Gasteiger partial charge is 0.458 e. The number of ether oxygens (including phenoxy) is 4. The summed E-state index contributed by atoms with van der Waals surface area (Å²) in [5.74, 6) is -1.94. The van der Waals surface area contributed by atoms with Gasteiger partial charge in [0, 0.05) is 26.7 Å². The molecule has 9 nitrogen and oxygen atoms in total. The van der Waals surface area contributed by atoms with Crippen molar-refractivity contribution >= 4 is 25.0 Å². The molecule has 2 aliphatic rings. The van der Waals surface area contributed by atoms with Crippen LogP contribution in [-0.4, -0.2) is 67.3 Å². The third kappa shape index (κ3) is 6.20. The van der Waals surface area contributed by atoms with Crippen LogP contribution in [0, 0.1) is 5.92 Å². The lowest BCUT2D eigenvalue weighted by molar-refractivity contribution is -0.229. The van der Waals surface area contributed by atoms with E-state index in [1.807, 2.05) is 34.6 Å². The molecule has 0 amide bonds. The lowest BCUT2D eigenvalue weighted by Crippen LogP contribution is -2.58. The second kappa shape index (κ2) is 9.87. The van der Waals surface area contributed by atoms with Crippen molar-refractivity contribution in [2.75, 3.05) is 6.61 Å². The Balaban J connectivity index is 2.38. The first-order chi connectivity index (χ1) is 14.3. The van der Waals surface area contributed by atoms with Crippen molar-refractivity contribution in [1.29, 1.82) is 0 Å². The van der Waals surface area contributed by atoms with Crippen LogP contribution in [0.25, 0.3) is 0 Å². The Morgan fingerprint density at radius 3 is 1.74 bits per heavy atom. The molecule has 5 atom stereocenters. The van der Waals surface area contributed by atoms with Crippen LogP contribution in [0.1, 0.15) is 61.8 Å². The molecule has 2 heterocycles. The second-order valence-corrected chi connectivity index (χ2v) is 9.16. The summed E-state index contributed by atoms with van der Waals surface area (Å²) in [7, 11) is -0.601. The molecule has 2 fully saturated rings. The van der Waals surface area contributed by atoms with Gasteiger partial charge in [0.25, 0.3) is 0 Å². The summed E-state index contributed by atoms with van der Waals surface area (Å²) in [5, 5.41) is 0. The average Bonchev–Trinajstić information content (AvgIpc) is 2.82. The minimum Gasteiger partial charge on any atom is -0.463 e. The maximum absolute atomic E-state index is 11.9. The van der Waals surface area contributed by atoms with E-state index in [4.69, 9.17) is 28.3 Å². The van der Waals surface area contributed by atoms with E-state index >= 15 is 0 Å². The van der Waals surface area contributed by atoms with Crippen molar-refractivity contribution in [3.8, 4) is 0 Å². The second-order valence-electron chi connectivity index (χ2n) is 9.16. The molecule has 0 saturated carbocycles. The molecule has 0 aromatic rings. The highest BCUT2D eigenvalue weighted by Crippen LogP contribution is 2.42. The molecular formula is C21H35BO9. The zero-order valence-corrected chi connectivity index (χ0v) is 19.8. The molecule has 10 heteroatoms. The van der Waals surface area contributed by atoms with Crippen molar-refractivity contribution in [2.45, 2.75) is 104 Å². The van der Waals surface area contributed by atoms with Crippen LogP contribution >= 0.6 is 0 Å². The zero-order chi connectivity index (χ0) is 23.6. The Morgan fingerprint density at radius 2 is 1.32 bits per heavy atom. The fourth-order valence-electron chi connectivity index (χ4n) is 4.04. The van der Waals surface area contributed by atoms with Gasteiger partial charge in [-0.25, -0.2) is 0 Å². The third-order valence-electron chi connectivity index (χ3n) is 6.15. The summed E-state index contributed by atoms with van der Waals surface area (Å²) in [5.41, 5.74) is -1.09. The van der Waals surface area contributed by atoms with E-state index < -0.39 is 66.6 Å². The van der Waals surface area contributed by atoms with E-state index in [0.29, 0.717) is 12.7 Å². The van der Waals surface area contributed by atoms with E-state index in [2.05, 4.69) is 0 Å². The normalized spacial score (nSPS) is 31.7. The van der Waals surface area contributed by atoms with Crippen LogP contribution in [0.3, 0.4) is 0 Å². The van der Waals surface area contributed by atoms with Gasteiger partial charge in [0.1, 0.15) is 24.9 Å². The van der Waals surface area contributed by atoms with Gasteiger partial charge in [0.15, 0.2) is 0 Å². The molecule has 2 unspecified atom stereocenters. The molecule has 2 saturated heterocycles. The fourth-order valence-corrected chi connectivity index (χ4v) is 4.04. The van der Waals surface area contributed by atoms with Crippen LogP contribution in [0.15, 0.2) is 0 Å². The predicted molar refractivity (Wildman–Crippen MR) is 111 cm³/mol. The van der Waals surface area contributed by atoms with Crippen molar-refractivity contribution in [2.24, 2.45) is 5.92 Å². The molecule has 31 heavy (non-hydrogen) atoms. The Kier molecular flexibility index (Phi) is 8.16. The quantitative estimate of drug-likeness (QED) is 0.334. The predicted octanol–water partition coefficient (Wildman–Crippen LogP) is 2.30. The Hall–Kier alpha value is -1.65. The lowest BCUT2D eigenvalue weighted by Gasteiger charge is -2.45. The largest absolute Gasteiger partial charge is 0.463 e. The first-order valence-corrected chi connectivity index (χ1v) is 10.8. The maximum Gasteiger partial charge on any atom is 0.458 e. The van der Waals surface area contributed by atoms with Gasteiger partial charge in [-0.2, -0.15) is 0 Å². The van der Waals surface area contributed by atoms with Gasteiger partial charge in [-0.3, -0.25) is 14.4 Å². The van der Waals surface area contributed by atoms with Crippen molar-refractivity contribution in [3.05, 3.63) is 0 Å². The summed E-state index contributed by atoms with van der Waals surface area (Å²) in [6.07, 6.45) is -1.83. The van der Waals surface area contributed by atoms with Crippen LogP contribution in [0.4, 0.5) is 0 Å². The van der Waals surface area contributed by atoms with E-state index in [0.717, 1.165) is 0 Å². The molecule has 2 rings (SSSR count). The van der Waals surface area contributed by atoms with Gasteiger partial charge >= 0.3 is 25.0 Å². The molecular weight excluding hydrogens is 407 g/mol.